The Morgan fingerprint density at radius 3 is 2.23 bits per heavy atom. The fourth-order valence-electron chi connectivity index (χ4n) is 4.96. The Morgan fingerprint density at radius 2 is 1.63 bits per heavy atom. The second-order valence-electron chi connectivity index (χ2n) is 9.80. The Morgan fingerprint density at radius 1 is 0.914 bits per heavy atom. The van der Waals surface area contributed by atoms with Gasteiger partial charge in [-0.15, -0.1) is 0 Å². The van der Waals surface area contributed by atoms with E-state index in [2.05, 4.69) is 5.16 Å². The molecule has 11 heteroatoms. The molecule has 1 aromatic rings. The molecular weight excluding hydrogens is 462 g/mol. The summed E-state index contributed by atoms with van der Waals surface area (Å²) in [5, 5.41) is 4.27. The lowest BCUT2D eigenvalue weighted by molar-refractivity contribution is -0.353. The second kappa shape index (κ2) is 8.75. The number of fused-ring (bicyclic) bond motifs is 1. The van der Waals surface area contributed by atoms with Gasteiger partial charge in [0.2, 0.25) is 17.8 Å². The van der Waals surface area contributed by atoms with Crippen LogP contribution >= 0.6 is 0 Å². The van der Waals surface area contributed by atoms with Gasteiger partial charge in [-0.05, 0) is 39.8 Å². The lowest BCUT2D eigenvalue weighted by Crippen LogP contribution is -2.63. The van der Waals surface area contributed by atoms with E-state index in [4.69, 9.17) is 47.5 Å². The molecule has 4 aliphatic heterocycles. The van der Waals surface area contributed by atoms with Crippen LogP contribution in [0, 0.1) is 0 Å². The minimum atomic E-state index is -1.16. The van der Waals surface area contributed by atoms with Crippen molar-refractivity contribution in [1.82, 2.24) is 0 Å². The summed E-state index contributed by atoms with van der Waals surface area (Å²) in [7, 11) is 4.69. The van der Waals surface area contributed by atoms with Crippen LogP contribution in [0.4, 0.5) is 0 Å². The number of hydrogen-bond acceptors (Lipinski definition) is 11. The van der Waals surface area contributed by atoms with Gasteiger partial charge in [-0.1, -0.05) is 5.16 Å². The van der Waals surface area contributed by atoms with Crippen molar-refractivity contribution >= 4 is 5.71 Å². The lowest BCUT2D eigenvalue weighted by Gasteiger charge is -2.44. The number of ether oxygens (including phenoxy) is 9. The van der Waals surface area contributed by atoms with Crippen LogP contribution < -0.4 is 14.2 Å². The topological polar surface area (TPSA) is 105 Å². The van der Waals surface area contributed by atoms with Gasteiger partial charge in [-0.2, -0.15) is 0 Å². The van der Waals surface area contributed by atoms with Crippen molar-refractivity contribution in [3.8, 4) is 17.2 Å². The number of methoxy groups -OCH3 is 3. The Kier molecular flexibility index (Phi) is 6.14. The highest BCUT2D eigenvalue weighted by Gasteiger charge is 2.64. The maximum Gasteiger partial charge on any atom is 0.233 e. The highest BCUT2D eigenvalue weighted by molar-refractivity contribution is 6.02. The molecule has 4 heterocycles. The van der Waals surface area contributed by atoms with E-state index in [1.54, 1.807) is 21.3 Å². The first-order valence-electron chi connectivity index (χ1n) is 11.6. The summed E-state index contributed by atoms with van der Waals surface area (Å²) in [5.41, 5.74) is 1.44. The third-order valence-corrected chi connectivity index (χ3v) is 6.42. The molecule has 3 saturated heterocycles. The lowest BCUT2D eigenvalue weighted by atomic mass is 9.97. The van der Waals surface area contributed by atoms with Gasteiger partial charge >= 0.3 is 0 Å². The van der Waals surface area contributed by atoms with E-state index in [-0.39, 0.29) is 12.7 Å². The molecule has 0 amide bonds. The molecule has 0 aromatic heterocycles. The van der Waals surface area contributed by atoms with Crippen LogP contribution in [0.25, 0.3) is 0 Å². The molecule has 0 N–H and O–H groups in total. The van der Waals surface area contributed by atoms with Crippen LogP contribution in [0.1, 0.15) is 39.7 Å². The minimum Gasteiger partial charge on any atom is -0.493 e. The van der Waals surface area contributed by atoms with Crippen LogP contribution in [0.15, 0.2) is 17.3 Å². The molecule has 0 unspecified atom stereocenters. The quantitative estimate of drug-likeness (QED) is 0.585. The van der Waals surface area contributed by atoms with Crippen molar-refractivity contribution < 1.29 is 47.5 Å². The summed E-state index contributed by atoms with van der Waals surface area (Å²) in [6.45, 7) is 7.88. The van der Waals surface area contributed by atoms with Crippen molar-refractivity contribution in [2.45, 2.75) is 76.1 Å². The molecule has 0 aliphatic carbocycles. The molecule has 0 radical (unpaired) electrons. The standard InChI is InChI=1S/C24H33NO10/c1-22(2)30-12-24(35-22)21(20-17(11-29-24)32-23(3,4)33-20)31-18-10-14(25-34-18)13-8-15(26-5)19(28-7)16(9-13)27-6/h8-9,17-18,20-21H,10-12H2,1-7H3/t17-,18+,20-,21+,24+/m1/s1. The van der Waals surface area contributed by atoms with Crippen LogP contribution in [0.5, 0.6) is 17.2 Å². The molecular formula is C24H33NO10. The van der Waals surface area contributed by atoms with Crippen molar-refractivity contribution in [2.75, 3.05) is 34.5 Å². The van der Waals surface area contributed by atoms with Crippen LogP contribution in [-0.2, 0) is 33.3 Å². The van der Waals surface area contributed by atoms with Crippen LogP contribution in [0.3, 0.4) is 0 Å². The van der Waals surface area contributed by atoms with Crippen molar-refractivity contribution in [1.29, 1.82) is 0 Å². The van der Waals surface area contributed by atoms with Gasteiger partial charge in [-0.3, -0.25) is 0 Å². The Balaban J connectivity index is 1.37. The molecule has 1 aromatic carbocycles. The predicted molar refractivity (Wildman–Crippen MR) is 121 cm³/mol. The summed E-state index contributed by atoms with van der Waals surface area (Å²) >= 11 is 0. The first-order valence-corrected chi connectivity index (χ1v) is 11.6. The zero-order chi connectivity index (χ0) is 25.0. The molecule has 11 nitrogen and oxygen atoms in total. The number of oxime groups is 1. The summed E-state index contributed by atoms with van der Waals surface area (Å²) in [6, 6.07) is 3.64. The van der Waals surface area contributed by atoms with Gasteiger partial charge in [0.25, 0.3) is 0 Å². The maximum atomic E-state index is 6.44. The zero-order valence-electron chi connectivity index (χ0n) is 21.1. The summed E-state index contributed by atoms with van der Waals surface area (Å²) in [4.78, 5) is 5.69. The van der Waals surface area contributed by atoms with Gasteiger partial charge in [0, 0.05) is 5.56 Å². The molecule has 0 bridgehead atoms. The molecule has 194 valence electrons. The van der Waals surface area contributed by atoms with Crippen molar-refractivity contribution in [2.24, 2.45) is 5.16 Å². The Labute approximate surface area is 204 Å². The normalized spacial score (nSPS) is 34.9. The van der Waals surface area contributed by atoms with E-state index in [0.717, 1.165) is 5.56 Å². The monoisotopic (exact) mass is 495 g/mol. The summed E-state index contributed by atoms with van der Waals surface area (Å²) in [5.74, 6) is -1.23. The average molecular weight is 496 g/mol. The summed E-state index contributed by atoms with van der Waals surface area (Å²) < 4.78 is 53.3. The first-order chi connectivity index (χ1) is 16.6. The SMILES string of the molecule is COc1cc(C2=NO[C@H](O[C@H]3[C@@H]4OC(C)(C)O[C@@H]4CO[C@]34COC(C)(C)O4)C2)cc(OC)c1OC. The number of nitrogens with zero attached hydrogens (tertiary/aromatic N) is 1. The molecule has 0 saturated carbocycles. The van der Waals surface area contributed by atoms with Crippen LogP contribution in [0.2, 0.25) is 0 Å². The van der Waals surface area contributed by atoms with Crippen LogP contribution in [-0.4, -0.2) is 82.2 Å². The smallest absolute Gasteiger partial charge is 0.233 e. The van der Waals surface area contributed by atoms with Gasteiger partial charge in [0.1, 0.15) is 24.9 Å². The van der Waals surface area contributed by atoms with Gasteiger partial charge in [-0.25, -0.2) is 0 Å². The van der Waals surface area contributed by atoms with Crippen molar-refractivity contribution in [3.05, 3.63) is 17.7 Å². The highest BCUT2D eigenvalue weighted by atomic mass is 16.9. The van der Waals surface area contributed by atoms with E-state index in [1.807, 2.05) is 39.8 Å². The molecule has 5 rings (SSSR count). The molecule has 4 aliphatic rings. The predicted octanol–water partition coefficient (Wildman–Crippen LogP) is 2.58. The molecule has 1 spiro atoms. The van der Waals surface area contributed by atoms with E-state index in [1.165, 1.54) is 0 Å². The van der Waals surface area contributed by atoms with E-state index in [0.29, 0.717) is 36.0 Å². The summed E-state index contributed by atoms with van der Waals surface area (Å²) in [6.07, 6.45) is -1.76. The minimum absolute atomic E-state index is 0.186. The van der Waals surface area contributed by atoms with Gasteiger partial charge in [0.05, 0.1) is 40.1 Å². The third kappa shape index (κ3) is 4.45. The zero-order valence-corrected chi connectivity index (χ0v) is 21.1. The number of rotatable bonds is 6. The highest BCUT2D eigenvalue weighted by Crippen LogP contribution is 2.46. The van der Waals surface area contributed by atoms with E-state index < -0.39 is 35.9 Å². The second-order valence-corrected chi connectivity index (χ2v) is 9.80. The van der Waals surface area contributed by atoms with E-state index in [9.17, 15) is 0 Å². The largest absolute Gasteiger partial charge is 0.493 e. The number of hydrogen-bond donors (Lipinski definition) is 0. The Hall–Kier alpha value is -2.15. The van der Waals surface area contributed by atoms with Crippen molar-refractivity contribution in [3.63, 3.8) is 0 Å². The fourth-order valence-corrected chi connectivity index (χ4v) is 4.96. The third-order valence-electron chi connectivity index (χ3n) is 6.42. The maximum absolute atomic E-state index is 6.44. The first kappa shape index (κ1) is 24.5. The Bertz CT molecular complexity index is 968. The fraction of sp³-hybridized carbons (Fsp3) is 0.708. The van der Waals surface area contributed by atoms with E-state index >= 15 is 0 Å². The van der Waals surface area contributed by atoms with Gasteiger partial charge in [0.15, 0.2) is 23.1 Å². The molecule has 35 heavy (non-hydrogen) atoms. The average Bonchev–Trinajstić information content (AvgIpc) is 3.49. The molecule has 3 fully saturated rings. The van der Waals surface area contributed by atoms with Gasteiger partial charge < -0.3 is 47.5 Å². The number of benzene rings is 1. The molecule has 5 atom stereocenters.